The number of aliphatic carboxylic acids is 1. The highest BCUT2D eigenvalue weighted by atomic mass is 16.4. The minimum atomic E-state index is -0.673. The first-order valence-electron chi connectivity index (χ1n) is 5.58. The number of carboxylic acid groups (broad SMARTS) is 1. The summed E-state index contributed by atoms with van der Waals surface area (Å²) in [4.78, 5) is 13.3. The van der Waals surface area contributed by atoms with Crippen molar-refractivity contribution >= 4 is 5.97 Å². The molecule has 3 atom stereocenters. The van der Waals surface area contributed by atoms with Crippen LogP contribution in [0.1, 0.15) is 46.5 Å². The number of rotatable bonds is 3. The van der Waals surface area contributed by atoms with E-state index in [2.05, 4.69) is 18.7 Å². The third kappa shape index (κ3) is 2.27. The first kappa shape index (κ1) is 11.5. The third-order valence-corrected chi connectivity index (χ3v) is 3.29. The van der Waals surface area contributed by atoms with E-state index in [1.165, 1.54) is 6.42 Å². The first-order valence-corrected chi connectivity index (χ1v) is 5.58. The lowest BCUT2D eigenvalue weighted by Crippen LogP contribution is -2.52. The summed E-state index contributed by atoms with van der Waals surface area (Å²) >= 11 is 0. The second-order valence-corrected chi connectivity index (χ2v) is 4.34. The maximum Gasteiger partial charge on any atom is 0.320 e. The molecule has 0 unspecified atom stereocenters. The largest absolute Gasteiger partial charge is 0.480 e. The van der Waals surface area contributed by atoms with E-state index in [1.807, 2.05) is 6.92 Å². The topological polar surface area (TPSA) is 40.5 Å². The zero-order valence-electron chi connectivity index (χ0n) is 9.36. The Morgan fingerprint density at radius 1 is 1.43 bits per heavy atom. The van der Waals surface area contributed by atoms with Gasteiger partial charge in [0.1, 0.15) is 6.04 Å². The minimum Gasteiger partial charge on any atom is -0.480 e. The second kappa shape index (κ2) is 4.78. The van der Waals surface area contributed by atoms with Crippen LogP contribution in [0, 0.1) is 0 Å². The molecule has 1 saturated heterocycles. The average molecular weight is 199 g/mol. The lowest BCUT2D eigenvalue weighted by molar-refractivity contribution is -0.146. The molecule has 0 spiro atoms. The molecule has 1 heterocycles. The summed E-state index contributed by atoms with van der Waals surface area (Å²) in [6.07, 6.45) is 4.20. The van der Waals surface area contributed by atoms with Crippen molar-refractivity contribution in [2.75, 3.05) is 0 Å². The van der Waals surface area contributed by atoms with Gasteiger partial charge in [0.15, 0.2) is 0 Å². The molecule has 1 aliphatic rings. The zero-order chi connectivity index (χ0) is 10.7. The molecule has 1 fully saturated rings. The summed E-state index contributed by atoms with van der Waals surface area (Å²) in [6, 6.07) is 0.542. The molecule has 3 heteroatoms. The Kier molecular flexibility index (Phi) is 3.93. The van der Waals surface area contributed by atoms with Gasteiger partial charge in [0.05, 0.1) is 0 Å². The van der Waals surface area contributed by atoms with Crippen LogP contribution in [0.15, 0.2) is 0 Å². The molecule has 0 aliphatic carbocycles. The Morgan fingerprint density at radius 2 is 1.93 bits per heavy atom. The summed E-state index contributed by atoms with van der Waals surface area (Å²) in [5, 5.41) is 9.12. The fourth-order valence-electron chi connectivity index (χ4n) is 2.57. The smallest absolute Gasteiger partial charge is 0.320 e. The van der Waals surface area contributed by atoms with Gasteiger partial charge in [-0.05, 0) is 33.1 Å². The van der Waals surface area contributed by atoms with Crippen molar-refractivity contribution in [3.8, 4) is 0 Å². The van der Waals surface area contributed by atoms with E-state index in [0.717, 1.165) is 12.8 Å². The predicted octanol–water partition coefficient (Wildman–Crippen LogP) is 2.11. The van der Waals surface area contributed by atoms with Crippen molar-refractivity contribution in [1.82, 2.24) is 4.90 Å². The Morgan fingerprint density at radius 3 is 2.29 bits per heavy atom. The van der Waals surface area contributed by atoms with Gasteiger partial charge in [-0.2, -0.15) is 0 Å². The average Bonchev–Trinajstić information content (AvgIpc) is 2.10. The molecule has 14 heavy (non-hydrogen) atoms. The van der Waals surface area contributed by atoms with Gasteiger partial charge in [-0.25, -0.2) is 0 Å². The maximum absolute atomic E-state index is 11.1. The van der Waals surface area contributed by atoms with Crippen LogP contribution in [-0.4, -0.2) is 34.1 Å². The highest BCUT2D eigenvalue weighted by molar-refractivity contribution is 5.73. The Balaban J connectivity index is 2.74. The van der Waals surface area contributed by atoms with Crippen LogP contribution in [0.4, 0.5) is 0 Å². The number of carbonyl (C=O) groups is 1. The molecular weight excluding hydrogens is 178 g/mol. The lowest BCUT2D eigenvalue weighted by Gasteiger charge is -2.42. The summed E-state index contributed by atoms with van der Waals surface area (Å²) < 4.78 is 0. The summed E-state index contributed by atoms with van der Waals surface area (Å²) in [5.74, 6) is -0.673. The van der Waals surface area contributed by atoms with Crippen LogP contribution >= 0.6 is 0 Å². The van der Waals surface area contributed by atoms with E-state index >= 15 is 0 Å². The van der Waals surface area contributed by atoms with Crippen molar-refractivity contribution in [1.29, 1.82) is 0 Å². The van der Waals surface area contributed by atoms with Gasteiger partial charge >= 0.3 is 5.97 Å². The van der Waals surface area contributed by atoms with Gasteiger partial charge < -0.3 is 5.11 Å². The fourth-order valence-corrected chi connectivity index (χ4v) is 2.57. The van der Waals surface area contributed by atoms with Gasteiger partial charge in [-0.15, -0.1) is 0 Å². The third-order valence-electron chi connectivity index (χ3n) is 3.29. The molecule has 0 saturated carbocycles. The molecule has 3 nitrogen and oxygen atoms in total. The van der Waals surface area contributed by atoms with Crippen molar-refractivity contribution in [3.05, 3.63) is 0 Å². The monoisotopic (exact) mass is 199 g/mol. The van der Waals surface area contributed by atoms with Crippen molar-refractivity contribution in [2.45, 2.75) is 64.6 Å². The van der Waals surface area contributed by atoms with Crippen molar-refractivity contribution in [3.63, 3.8) is 0 Å². The van der Waals surface area contributed by atoms with Gasteiger partial charge in [0.25, 0.3) is 0 Å². The van der Waals surface area contributed by atoms with Crippen LogP contribution in [-0.2, 0) is 4.79 Å². The van der Waals surface area contributed by atoms with Crippen LogP contribution in [0.25, 0.3) is 0 Å². The Bertz CT molecular complexity index is 195. The van der Waals surface area contributed by atoms with Crippen molar-refractivity contribution in [2.24, 2.45) is 0 Å². The summed E-state index contributed by atoms with van der Waals surface area (Å²) in [7, 11) is 0. The van der Waals surface area contributed by atoms with Gasteiger partial charge in [0.2, 0.25) is 0 Å². The summed E-state index contributed by atoms with van der Waals surface area (Å²) in [6.45, 7) is 6.23. The van der Waals surface area contributed by atoms with E-state index in [1.54, 1.807) is 0 Å². The first-order chi connectivity index (χ1) is 6.57. The lowest BCUT2D eigenvalue weighted by atomic mass is 9.94. The normalized spacial score (nSPS) is 31.4. The zero-order valence-corrected chi connectivity index (χ0v) is 9.36. The van der Waals surface area contributed by atoms with E-state index in [-0.39, 0.29) is 6.04 Å². The van der Waals surface area contributed by atoms with Gasteiger partial charge in [-0.1, -0.05) is 13.3 Å². The molecule has 0 aromatic heterocycles. The van der Waals surface area contributed by atoms with Crippen LogP contribution < -0.4 is 0 Å². The second-order valence-electron chi connectivity index (χ2n) is 4.34. The maximum atomic E-state index is 11.1. The predicted molar refractivity (Wildman–Crippen MR) is 56.3 cm³/mol. The van der Waals surface area contributed by atoms with Gasteiger partial charge in [0, 0.05) is 12.1 Å². The standard InChI is InChI=1S/C11H21NO2/c1-4-10(11(13)14)12-8(2)6-5-7-9(12)3/h8-10H,4-7H2,1-3H3,(H,13,14)/t8-,9+,10-/m0/s1. The minimum absolute atomic E-state index is 0.291. The number of hydrogen-bond donors (Lipinski definition) is 1. The number of nitrogens with zero attached hydrogens (tertiary/aromatic N) is 1. The number of carboxylic acids is 1. The molecule has 0 aromatic carbocycles. The molecule has 1 aliphatic heterocycles. The van der Waals surface area contributed by atoms with Crippen molar-refractivity contribution < 1.29 is 9.90 Å². The number of piperidine rings is 1. The Labute approximate surface area is 86.1 Å². The highest BCUT2D eigenvalue weighted by Crippen LogP contribution is 2.25. The van der Waals surface area contributed by atoms with Gasteiger partial charge in [-0.3, -0.25) is 9.69 Å². The van der Waals surface area contributed by atoms with Crippen LogP contribution in [0.2, 0.25) is 0 Å². The summed E-state index contributed by atoms with van der Waals surface area (Å²) in [5.41, 5.74) is 0. The van der Waals surface area contributed by atoms with Crippen LogP contribution in [0.3, 0.4) is 0 Å². The van der Waals surface area contributed by atoms with E-state index in [4.69, 9.17) is 5.11 Å². The molecular formula is C11H21NO2. The SMILES string of the molecule is CC[C@@H](C(=O)O)N1[C@H](C)CCC[C@@H]1C. The molecule has 0 bridgehead atoms. The molecule has 0 aromatic rings. The van der Waals surface area contributed by atoms with E-state index in [9.17, 15) is 4.79 Å². The molecule has 82 valence electrons. The molecule has 1 N–H and O–H groups in total. The molecule has 1 rings (SSSR count). The number of likely N-dealkylation sites (tertiary alicyclic amines) is 1. The molecule has 0 radical (unpaired) electrons. The Hall–Kier alpha value is -0.570. The molecule has 0 amide bonds. The van der Waals surface area contributed by atoms with Crippen LogP contribution in [0.5, 0.6) is 0 Å². The number of hydrogen-bond acceptors (Lipinski definition) is 2. The highest BCUT2D eigenvalue weighted by Gasteiger charge is 2.33. The van der Waals surface area contributed by atoms with E-state index < -0.39 is 5.97 Å². The van der Waals surface area contributed by atoms with E-state index in [0.29, 0.717) is 18.5 Å². The fraction of sp³-hybridized carbons (Fsp3) is 0.909. The quantitative estimate of drug-likeness (QED) is 0.756.